The molecule has 0 aliphatic rings. The topological polar surface area (TPSA) is 89.5 Å². The zero-order valence-corrected chi connectivity index (χ0v) is 15.7. The van der Waals surface area contributed by atoms with Crippen LogP contribution in [0, 0.1) is 5.82 Å². The lowest BCUT2D eigenvalue weighted by Crippen LogP contribution is -2.13. The van der Waals surface area contributed by atoms with Crippen LogP contribution in [-0.4, -0.2) is 33.0 Å². The highest BCUT2D eigenvalue weighted by Crippen LogP contribution is 2.17. The standard InChI is InChI=1S/C18H15ClFNO5S/c1-27(24,25)21-14-6-4-13(5-7-14)17(22)11-26-18(23)9-3-12-2-8-16(20)15(19)10-12/h2-10,21H,11H2,1H3/b9-3+. The van der Waals surface area contributed by atoms with Crippen LogP contribution in [0.15, 0.2) is 48.5 Å². The van der Waals surface area contributed by atoms with Gasteiger partial charge in [0.2, 0.25) is 10.0 Å². The second-order valence-electron chi connectivity index (χ2n) is 5.49. The Labute approximate surface area is 160 Å². The number of nitrogens with one attached hydrogen (secondary N) is 1. The molecule has 0 heterocycles. The highest BCUT2D eigenvalue weighted by Gasteiger charge is 2.09. The van der Waals surface area contributed by atoms with E-state index in [0.29, 0.717) is 11.3 Å². The van der Waals surface area contributed by atoms with Crippen molar-refractivity contribution < 1.29 is 27.1 Å². The minimum Gasteiger partial charge on any atom is -0.454 e. The van der Waals surface area contributed by atoms with E-state index in [-0.39, 0.29) is 10.6 Å². The first kappa shape index (κ1) is 20.6. The number of benzene rings is 2. The van der Waals surface area contributed by atoms with E-state index in [1.54, 1.807) is 0 Å². The van der Waals surface area contributed by atoms with Crippen LogP contribution in [0.2, 0.25) is 5.02 Å². The first-order chi connectivity index (χ1) is 12.6. The fourth-order valence-corrected chi connectivity index (χ4v) is 2.74. The summed E-state index contributed by atoms with van der Waals surface area (Å²) in [5.41, 5.74) is 1.07. The van der Waals surface area contributed by atoms with Crippen molar-refractivity contribution in [2.45, 2.75) is 0 Å². The van der Waals surface area contributed by atoms with Gasteiger partial charge in [0.15, 0.2) is 12.4 Å². The third-order valence-electron chi connectivity index (χ3n) is 3.21. The van der Waals surface area contributed by atoms with Crippen molar-refractivity contribution in [3.8, 4) is 0 Å². The van der Waals surface area contributed by atoms with Gasteiger partial charge >= 0.3 is 5.97 Å². The molecule has 0 atom stereocenters. The van der Waals surface area contributed by atoms with Gasteiger partial charge in [0, 0.05) is 17.3 Å². The predicted molar refractivity (Wildman–Crippen MR) is 101 cm³/mol. The maximum atomic E-state index is 13.1. The maximum absolute atomic E-state index is 13.1. The number of ketones is 1. The molecule has 0 bridgehead atoms. The molecule has 9 heteroatoms. The molecule has 2 aromatic carbocycles. The number of esters is 1. The first-order valence-corrected chi connectivity index (χ1v) is 9.82. The van der Waals surface area contributed by atoms with Gasteiger partial charge in [0.25, 0.3) is 0 Å². The van der Waals surface area contributed by atoms with Gasteiger partial charge < -0.3 is 4.74 Å². The fraction of sp³-hybridized carbons (Fsp3) is 0.111. The van der Waals surface area contributed by atoms with Crippen LogP contribution >= 0.6 is 11.6 Å². The lowest BCUT2D eigenvalue weighted by atomic mass is 10.1. The van der Waals surface area contributed by atoms with Crippen LogP contribution in [0.1, 0.15) is 15.9 Å². The van der Waals surface area contributed by atoms with Crippen molar-refractivity contribution in [3.63, 3.8) is 0 Å². The Bertz CT molecular complexity index is 987. The first-order valence-electron chi connectivity index (χ1n) is 7.55. The summed E-state index contributed by atoms with van der Waals surface area (Å²) in [4.78, 5) is 23.7. The van der Waals surface area contributed by atoms with Crippen molar-refractivity contribution in [1.29, 1.82) is 0 Å². The van der Waals surface area contributed by atoms with Crippen molar-refractivity contribution in [2.75, 3.05) is 17.6 Å². The molecule has 0 radical (unpaired) electrons. The molecule has 0 amide bonds. The van der Waals surface area contributed by atoms with E-state index in [9.17, 15) is 22.4 Å². The molecule has 0 unspecified atom stereocenters. The summed E-state index contributed by atoms with van der Waals surface area (Å²) in [6.07, 6.45) is 3.48. The molecule has 0 aliphatic carbocycles. The van der Waals surface area contributed by atoms with Gasteiger partial charge in [0.1, 0.15) is 5.82 Å². The summed E-state index contributed by atoms with van der Waals surface area (Å²) in [6.45, 7) is -0.480. The summed E-state index contributed by atoms with van der Waals surface area (Å²) in [6, 6.07) is 9.63. The number of rotatable bonds is 7. The Morgan fingerprint density at radius 2 is 1.85 bits per heavy atom. The molecular weight excluding hydrogens is 397 g/mol. The van der Waals surface area contributed by atoms with E-state index in [4.69, 9.17) is 16.3 Å². The molecule has 0 aromatic heterocycles. The molecule has 0 saturated carbocycles. The Hall–Kier alpha value is -2.71. The van der Waals surface area contributed by atoms with Gasteiger partial charge in [-0.05, 0) is 48.0 Å². The van der Waals surface area contributed by atoms with Crippen LogP contribution in [0.25, 0.3) is 6.08 Å². The Kier molecular flexibility index (Phi) is 6.70. The van der Waals surface area contributed by atoms with Gasteiger partial charge in [-0.1, -0.05) is 17.7 Å². The second kappa shape index (κ2) is 8.79. The molecule has 0 spiro atoms. The highest BCUT2D eigenvalue weighted by molar-refractivity contribution is 7.92. The van der Waals surface area contributed by atoms with Gasteiger partial charge in [-0.15, -0.1) is 0 Å². The van der Waals surface area contributed by atoms with Crippen LogP contribution in [0.5, 0.6) is 0 Å². The van der Waals surface area contributed by atoms with Gasteiger partial charge in [-0.3, -0.25) is 9.52 Å². The number of hydrogen-bond donors (Lipinski definition) is 1. The quantitative estimate of drug-likeness (QED) is 0.429. The zero-order chi connectivity index (χ0) is 20.0. The van der Waals surface area contributed by atoms with E-state index in [1.165, 1.54) is 48.5 Å². The number of hydrogen-bond acceptors (Lipinski definition) is 5. The van der Waals surface area contributed by atoms with Gasteiger partial charge in [-0.2, -0.15) is 0 Å². The summed E-state index contributed by atoms with van der Waals surface area (Å²) in [5, 5.41) is -0.0745. The fourth-order valence-electron chi connectivity index (χ4n) is 1.99. The summed E-state index contributed by atoms with van der Waals surface area (Å²) < 4.78 is 42.4. The average Bonchev–Trinajstić information content (AvgIpc) is 2.60. The molecule has 2 aromatic rings. The summed E-state index contributed by atoms with van der Waals surface area (Å²) >= 11 is 5.64. The van der Waals surface area contributed by atoms with Crippen LogP contribution in [0.3, 0.4) is 0 Å². The molecule has 27 heavy (non-hydrogen) atoms. The lowest BCUT2D eigenvalue weighted by molar-refractivity contribution is -0.136. The van der Waals surface area contributed by atoms with Gasteiger partial charge in [-0.25, -0.2) is 17.6 Å². The Morgan fingerprint density at radius 1 is 1.19 bits per heavy atom. The van der Waals surface area contributed by atoms with E-state index in [1.807, 2.05) is 0 Å². The van der Waals surface area contributed by atoms with E-state index in [2.05, 4.69) is 4.72 Å². The third-order valence-corrected chi connectivity index (χ3v) is 4.11. The normalized spacial score (nSPS) is 11.4. The average molecular weight is 412 g/mol. The molecule has 1 N–H and O–H groups in total. The number of ether oxygens (including phenoxy) is 1. The predicted octanol–water partition coefficient (Wildman–Crippen LogP) is 3.29. The van der Waals surface area contributed by atoms with Crippen LogP contribution < -0.4 is 4.72 Å². The maximum Gasteiger partial charge on any atom is 0.331 e. The van der Waals surface area contributed by atoms with E-state index < -0.39 is 34.2 Å². The van der Waals surface area contributed by atoms with Crippen LogP contribution in [0.4, 0.5) is 10.1 Å². The minimum absolute atomic E-state index is 0.0745. The molecular formula is C18H15ClFNO5S. The summed E-state index contributed by atoms with van der Waals surface area (Å²) in [5.74, 6) is -1.77. The van der Waals surface area contributed by atoms with Crippen molar-refractivity contribution in [2.24, 2.45) is 0 Å². The third kappa shape index (κ3) is 6.84. The van der Waals surface area contributed by atoms with Crippen molar-refractivity contribution in [1.82, 2.24) is 0 Å². The smallest absolute Gasteiger partial charge is 0.331 e. The highest BCUT2D eigenvalue weighted by atomic mass is 35.5. The molecule has 142 valence electrons. The zero-order valence-electron chi connectivity index (χ0n) is 14.1. The molecule has 0 saturated heterocycles. The largest absolute Gasteiger partial charge is 0.454 e. The number of anilines is 1. The number of Topliss-reactive ketones (excluding diaryl/α,β-unsaturated/α-hetero) is 1. The second-order valence-corrected chi connectivity index (χ2v) is 7.64. The van der Waals surface area contributed by atoms with Crippen molar-refractivity contribution >= 4 is 45.1 Å². The van der Waals surface area contributed by atoms with E-state index in [0.717, 1.165) is 12.3 Å². The Balaban J connectivity index is 1.89. The lowest BCUT2D eigenvalue weighted by Gasteiger charge is -2.05. The molecule has 0 aliphatic heterocycles. The van der Waals surface area contributed by atoms with Gasteiger partial charge in [0.05, 0.1) is 11.3 Å². The monoisotopic (exact) mass is 411 g/mol. The number of sulfonamides is 1. The number of carbonyl (C=O) groups excluding carboxylic acids is 2. The summed E-state index contributed by atoms with van der Waals surface area (Å²) in [7, 11) is -3.41. The SMILES string of the molecule is CS(=O)(=O)Nc1ccc(C(=O)COC(=O)/C=C/c2ccc(F)c(Cl)c2)cc1. The Morgan fingerprint density at radius 3 is 2.44 bits per heavy atom. The number of halogens is 2. The molecule has 0 fully saturated rings. The minimum atomic E-state index is -3.41. The van der Waals surface area contributed by atoms with Crippen molar-refractivity contribution in [3.05, 3.63) is 70.5 Å². The van der Waals surface area contributed by atoms with E-state index >= 15 is 0 Å². The van der Waals surface area contributed by atoms with Crippen LogP contribution in [-0.2, 0) is 19.6 Å². The number of carbonyl (C=O) groups is 2. The molecule has 6 nitrogen and oxygen atoms in total. The molecule has 2 rings (SSSR count).